The minimum Gasteiger partial charge on any atom is -0.508 e. The summed E-state index contributed by atoms with van der Waals surface area (Å²) in [6, 6.07) is 10.8. The number of amides is 1. The first-order valence-electron chi connectivity index (χ1n) is 9.31. The Labute approximate surface area is 183 Å². The van der Waals surface area contributed by atoms with Gasteiger partial charge in [0.15, 0.2) is 0 Å². The van der Waals surface area contributed by atoms with Crippen LogP contribution >= 0.6 is 0 Å². The molecule has 0 aliphatic rings. The first-order chi connectivity index (χ1) is 15.1. The van der Waals surface area contributed by atoms with E-state index < -0.39 is 28.2 Å². The van der Waals surface area contributed by atoms with Crippen LogP contribution in [0.15, 0.2) is 62.6 Å². The Morgan fingerprint density at radius 2 is 1.81 bits per heavy atom. The molecule has 11 heteroatoms. The number of likely N-dealkylation sites (N-methyl/N-ethyl adjacent to an activating group) is 1. The van der Waals surface area contributed by atoms with Crippen molar-refractivity contribution in [3.8, 4) is 5.75 Å². The number of aromatic hydroxyl groups is 1. The van der Waals surface area contributed by atoms with E-state index in [1.807, 2.05) is 0 Å². The molecular formula is C21H20N2O8S. The lowest BCUT2D eigenvalue weighted by molar-refractivity contribution is -0.144. The number of phenolic OH excluding ortho intramolecular Hbond substituents is 1. The fraction of sp³-hybridized carbons (Fsp3) is 0.190. The van der Waals surface area contributed by atoms with Gasteiger partial charge in [0.25, 0.3) is 0 Å². The second kappa shape index (κ2) is 9.20. The van der Waals surface area contributed by atoms with Crippen molar-refractivity contribution in [3.05, 3.63) is 64.5 Å². The van der Waals surface area contributed by atoms with Crippen LogP contribution in [0, 0.1) is 0 Å². The third-order valence-corrected chi connectivity index (χ3v) is 6.25. The Hall–Kier alpha value is -3.70. The molecule has 0 bridgehead atoms. The van der Waals surface area contributed by atoms with Crippen LogP contribution in [-0.4, -0.2) is 43.3 Å². The quantitative estimate of drug-likeness (QED) is 0.401. The predicted octanol–water partition coefficient (Wildman–Crippen LogP) is 1.82. The normalized spacial score (nSPS) is 11.5. The highest BCUT2D eigenvalue weighted by atomic mass is 32.2. The SMILES string of the molecule is CC(=O)Nc1ccc(S(=O)(=O)N(C)CC(=O)OCc2cc(=O)oc3cc(O)ccc23)cc1. The highest BCUT2D eigenvalue weighted by Gasteiger charge is 2.24. The summed E-state index contributed by atoms with van der Waals surface area (Å²) in [5.41, 5.74) is 0.234. The summed E-state index contributed by atoms with van der Waals surface area (Å²) in [5.74, 6) is -1.21. The summed E-state index contributed by atoms with van der Waals surface area (Å²) in [6.07, 6.45) is 0. The number of nitrogens with one attached hydrogen (secondary N) is 1. The predicted molar refractivity (Wildman–Crippen MR) is 115 cm³/mol. The van der Waals surface area contributed by atoms with E-state index in [-0.39, 0.29) is 28.7 Å². The molecule has 32 heavy (non-hydrogen) atoms. The van der Waals surface area contributed by atoms with Crippen LogP contribution in [0.4, 0.5) is 5.69 Å². The van der Waals surface area contributed by atoms with Gasteiger partial charge in [-0.15, -0.1) is 0 Å². The van der Waals surface area contributed by atoms with Crippen LogP contribution in [0.25, 0.3) is 11.0 Å². The molecule has 0 unspecified atom stereocenters. The van der Waals surface area contributed by atoms with E-state index in [4.69, 9.17) is 9.15 Å². The number of phenols is 1. The molecule has 1 heterocycles. The summed E-state index contributed by atoms with van der Waals surface area (Å²) >= 11 is 0. The summed E-state index contributed by atoms with van der Waals surface area (Å²) in [7, 11) is -2.75. The van der Waals surface area contributed by atoms with E-state index in [0.29, 0.717) is 16.6 Å². The highest BCUT2D eigenvalue weighted by molar-refractivity contribution is 7.89. The lowest BCUT2D eigenvalue weighted by Gasteiger charge is -2.17. The Kier molecular flexibility index (Phi) is 6.61. The van der Waals surface area contributed by atoms with Gasteiger partial charge >= 0.3 is 11.6 Å². The van der Waals surface area contributed by atoms with E-state index in [0.717, 1.165) is 10.4 Å². The number of hydrogen-bond donors (Lipinski definition) is 2. The van der Waals surface area contributed by atoms with Crippen LogP contribution in [0.2, 0.25) is 0 Å². The Morgan fingerprint density at radius 3 is 2.47 bits per heavy atom. The molecule has 0 fully saturated rings. The maximum atomic E-state index is 12.7. The lowest BCUT2D eigenvalue weighted by Crippen LogP contribution is -2.33. The molecule has 2 N–H and O–H groups in total. The summed E-state index contributed by atoms with van der Waals surface area (Å²) in [4.78, 5) is 35.0. The first kappa shape index (κ1) is 23.0. The molecule has 3 rings (SSSR count). The van der Waals surface area contributed by atoms with Crippen molar-refractivity contribution in [1.29, 1.82) is 0 Å². The zero-order chi connectivity index (χ0) is 23.5. The molecular weight excluding hydrogens is 440 g/mol. The molecule has 3 aromatic rings. The first-order valence-corrected chi connectivity index (χ1v) is 10.8. The molecule has 10 nitrogen and oxygen atoms in total. The van der Waals surface area contributed by atoms with Gasteiger partial charge in [-0.1, -0.05) is 0 Å². The molecule has 1 aromatic heterocycles. The van der Waals surface area contributed by atoms with Gasteiger partial charge in [-0.25, -0.2) is 13.2 Å². The average Bonchev–Trinajstić information content (AvgIpc) is 2.71. The van der Waals surface area contributed by atoms with Gasteiger partial charge in [-0.3, -0.25) is 9.59 Å². The van der Waals surface area contributed by atoms with Crippen molar-refractivity contribution in [2.75, 3.05) is 18.9 Å². The van der Waals surface area contributed by atoms with Crippen molar-refractivity contribution in [1.82, 2.24) is 4.31 Å². The monoisotopic (exact) mass is 460 g/mol. The zero-order valence-electron chi connectivity index (χ0n) is 17.2. The van der Waals surface area contributed by atoms with Gasteiger partial charge in [-0.2, -0.15) is 4.31 Å². The number of benzene rings is 2. The average molecular weight is 460 g/mol. The molecule has 0 aliphatic heterocycles. The fourth-order valence-corrected chi connectivity index (χ4v) is 4.02. The summed E-state index contributed by atoms with van der Waals surface area (Å²) in [5, 5.41) is 12.5. The van der Waals surface area contributed by atoms with Crippen molar-refractivity contribution >= 4 is 38.6 Å². The van der Waals surface area contributed by atoms with E-state index in [9.17, 15) is 27.9 Å². The number of fused-ring (bicyclic) bond motifs is 1. The third-order valence-electron chi connectivity index (χ3n) is 4.44. The number of carbonyl (C=O) groups excluding carboxylic acids is 2. The van der Waals surface area contributed by atoms with Crippen molar-refractivity contribution in [2.24, 2.45) is 0 Å². The van der Waals surface area contributed by atoms with Crippen molar-refractivity contribution in [2.45, 2.75) is 18.4 Å². The van der Waals surface area contributed by atoms with Crippen LogP contribution in [-0.2, 0) is 31.0 Å². The van der Waals surface area contributed by atoms with Crippen LogP contribution < -0.4 is 10.9 Å². The van der Waals surface area contributed by atoms with E-state index in [1.165, 1.54) is 56.4 Å². The minimum atomic E-state index is -3.98. The third kappa shape index (κ3) is 5.31. The fourth-order valence-electron chi connectivity index (χ4n) is 2.90. The molecule has 2 aromatic carbocycles. The standard InChI is InChI=1S/C21H20N2O8S/c1-13(24)22-15-3-6-17(7-4-15)32(28,29)23(2)11-21(27)30-12-14-9-20(26)31-19-10-16(25)5-8-18(14)19/h3-10,25H,11-12H2,1-2H3,(H,22,24). The highest BCUT2D eigenvalue weighted by Crippen LogP contribution is 2.22. The topological polar surface area (TPSA) is 143 Å². The van der Waals surface area contributed by atoms with Gasteiger partial charge in [0.05, 0.1) is 4.90 Å². The Bertz CT molecular complexity index is 1330. The minimum absolute atomic E-state index is 0.0617. The number of rotatable bonds is 7. The molecule has 168 valence electrons. The maximum absolute atomic E-state index is 12.7. The number of sulfonamides is 1. The van der Waals surface area contributed by atoms with Gasteiger partial charge in [0.2, 0.25) is 15.9 Å². The number of esters is 1. The second-order valence-corrected chi connectivity index (χ2v) is 8.94. The van der Waals surface area contributed by atoms with Gasteiger partial charge in [0, 0.05) is 42.7 Å². The number of carbonyl (C=O) groups is 2. The van der Waals surface area contributed by atoms with Gasteiger partial charge < -0.3 is 19.6 Å². The smallest absolute Gasteiger partial charge is 0.336 e. The van der Waals surface area contributed by atoms with E-state index >= 15 is 0 Å². The maximum Gasteiger partial charge on any atom is 0.336 e. The summed E-state index contributed by atoms with van der Waals surface area (Å²) in [6.45, 7) is 0.486. The molecule has 0 saturated carbocycles. The van der Waals surface area contributed by atoms with Crippen LogP contribution in [0.3, 0.4) is 0 Å². The number of anilines is 1. The largest absolute Gasteiger partial charge is 0.508 e. The molecule has 0 atom stereocenters. The van der Waals surface area contributed by atoms with Gasteiger partial charge in [-0.05, 0) is 36.4 Å². The van der Waals surface area contributed by atoms with Gasteiger partial charge in [0.1, 0.15) is 24.5 Å². The van der Waals surface area contributed by atoms with Crippen molar-refractivity contribution < 1.29 is 32.3 Å². The van der Waals surface area contributed by atoms with E-state index in [2.05, 4.69) is 5.32 Å². The zero-order valence-corrected chi connectivity index (χ0v) is 18.0. The number of hydrogen-bond acceptors (Lipinski definition) is 8. The number of ether oxygens (including phenoxy) is 1. The molecule has 0 saturated heterocycles. The second-order valence-electron chi connectivity index (χ2n) is 6.90. The number of nitrogens with zero attached hydrogens (tertiary/aromatic N) is 1. The summed E-state index contributed by atoms with van der Waals surface area (Å²) < 4.78 is 36.4. The Morgan fingerprint density at radius 1 is 1.12 bits per heavy atom. The van der Waals surface area contributed by atoms with Crippen LogP contribution in [0.1, 0.15) is 12.5 Å². The van der Waals surface area contributed by atoms with Crippen molar-refractivity contribution in [3.63, 3.8) is 0 Å². The molecule has 0 radical (unpaired) electrons. The van der Waals surface area contributed by atoms with E-state index in [1.54, 1.807) is 0 Å². The molecule has 0 aliphatic carbocycles. The molecule has 1 amide bonds. The molecule has 0 spiro atoms. The Balaban J connectivity index is 1.68. The van der Waals surface area contributed by atoms with Crippen LogP contribution in [0.5, 0.6) is 5.75 Å². The lowest BCUT2D eigenvalue weighted by atomic mass is 10.1.